The normalized spacial score (nSPS) is 16.5. The van der Waals surface area contributed by atoms with Crippen LogP contribution in [-0.4, -0.2) is 25.0 Å². The van der Waals surface area contributed by atoms with E-state index in [-0.39, 0.29) is 5.57 Å². The number of esters is 1. The first kappa shape index (κ1) is 9.64. The van der Waals surface area contributed by atoms with Gasteiger partial charge in [0.2, 0.25) is 0 Å². The zero-order chi connectivity index (χ0) is 9.84. The fourth-order valence-electron chi connectivity index (χ4n) is 0.957. The van der Waals surface area contributed by atoms with Crippen LogP contribution in [-0.2, 0) is 9.53 Å². The van der Waals surface area contributed by atoms with Gasteiger partial charge in [0.05, 0.1) is 12.7 Å². The quantitative estimate of drug-likeness (QED) is 0.387. The van der Waals surface area contributed by atoms with E-state index in [0.29, 0.717) is 11.6 Å². The van der Waals surface area contributed by atoms with Crippen molar-refractivity contribution in [2.24, 2.45) is 5.92 Å². The van der Waals surface area contributed by atoms with Gasteiger partial charge >= 0.3 is 5.97 Å². The number of rotatable bonds is 4. The third kappa shape index (κ3) is 2.50. The molecule has 2 N–H and O–H groups in total. The van der Waals surface area contributed by atoms with Crippen molar-refractivity contribution in [2.75, 3.05) is 7.11 Å². The lowest BCUT2D eigenvalue weighted by Crippen LogP contribution is -2.08. The smallest absolute Gasteiger partial charge is 0.339 e. The number of allylic oxidation sites excluding steroid dienone is 1. The van der Waals surface area contributed by atoms with Crippen molar-refractivity contribution < 1.29 is 9.53 Å². The van der Waals surface area contributed by atoms with Crippen LogP contribution in [0, 0.1) is 16.7 Å². The number of hydrogen-bond acceptors (Lipinski definition) is 4. The molecule has 4 heteroatoms. The van der Waals surface area contributed by atoms with Crippen molar-refractivity contribution in [3.63, 3.8) is 0 Å². The summed E-state index contributed by atoms with van der Waals surface area (Å²) in [6, 6.07) is 0. The summed E-state index contributed by atoms with van der Waals surface area (Å²) in [4.78, 5) is 11.0. The van der Waals surface area contributed by atoms with Gasteiger partial charge in [-0.2, -0.15) is 0 Å². The summed E-state index contributed by atoms with van der Waals surface area (Å²) in [5, 5.41) is 14.5. The molecule has 0 aliphatic heterocycles. The van der Waals surface area contributed by atoms with Crippen LogP contribution in [0.25, 0.3) is 0 Å². The van der Waals surface area contributed by atoms with Crippen molar-refractivity contribution >= 4 is 17.9 Å². The number of hydrogen-bond donors (Lipinski definition) is 2. The van der Waals surface area contributed by atoms with Crippen molar-refractivity contribution in [2.45, 2.75) is 12.8 Å². The fraction of sp³-hybridized carbons (Fsp3) is 0.444. The molecular formula is C9H12N2O2. The van der Waals surface area contributed by atoms with E-state index in [0.717, 1.165) is 19.1 Å². The molecule has 1 rings (SSSR count). The molecule has 1 aliphatic carbocycles. The summed E-state index contributed by atoms with van der Waals surface area (Å²) in [5.74, 6) is -0.264. The molecule has 0 saturated heterocycles. The highest BCUT2D eigenvalue weighted by atomic mass is 16.5. The Balaban J connectivity index is 2.68. The Kier molecular flexibility index (Phi) is 2.95. The monoisotopic (exact) mass is 180 g/mol. The van der Waals surface area contributed by atoms with E-state index in [1.165, 1.54) is 13.2 Å². The van der Waals surface area contributed by atoms with Crippen LogP contribution in [0.1, 0.15) is 12.8 Å². The molecule has 70 valence electrons. The minimum atomic E-state index is -0.555. The van der Waals surface area contributed by atoms with Gasteiger partial charge in [-0.15, -0.1) is 0 Å². The van der Waals surface area contributed by atoms with Crippen LogP contribution in [0.2, 0.25) is 0 Å². The molecule has 1 fully saturated rings. The third-order valence-electron chi connectivity index (χ3n) is 1.90. The van der Waals surface area contributed by atoms with Crippen LogP contribution in [0.15, 0.2) is 11.6 Å². The number of carbonyl (C=O) groups excluding carboxylic acids is 1. The second-order valence-electron chi connectivity index (χ2n) is 2.97. The van der Waals surface area contributed by atoms with Gasteiger partial charge < -0.3 is 15.6 Å². The number of ether oxygens (including phenoxy) is 1. The summed E-state index contributed by atoms with van der Waals surface area (Å²) in [7, 11) is 1.26. The second kappa shape index (κ2) is 3.98. The fourth-order valence-corrected chi connectivity index (χ4v) is 0.957. The predicted molar refractivity (Wildman–Crippen MR) is 49.3 cm³/mol. The molecule has 4 nitrogen and oxygen atoms in total. The molecule has 0 aromatic rings. The lowest BCUT2D eigenvalue weighted by atomic mass is 10.1. The van der Waals surface area contributed by atoms with E-state index in [4.69, 9.17) is 10.8 Å². The molecule has 13 heavy (non-hydrogen) atoms. The van der Waals surface area contributed by atoms with E-state index in [9.17, 15) is 4.79 Å². The molecule has 0 aromatic heterocycles. The lowest BCUT2D eigenvalue weighted by Gasteiger charge is -1.98. The first-order valence-corrected chi connectivity index (χ1v) is 4.08. The van der Waals surface area contributed by atoms with Gasteiger partial charge in [0.15, 0.2) is 0 Å². The number of nitrogens with one attached hydrogen (secondary N) is 2. The first-order chi connectivity index (χ1) is 6.19. The molecule has 0 heterocycles. The Morgan fingerprint density at radius 2 is 2.15 bits per heavy atom. The van der Waals surface area contributed by atoms with E-state index in [1.54, 1.807) is 0 Å². The van der Waals surface area contributed by atoms with Gasteiger partial charge in [0, 0.05) is 17.8 Å². The van der Waals surface area contributed by atoms with Gasteiger partial charge in [-0.05, 0) is 18.9 Å². The van der Waals surface area contributed by atoms with E-state index >= 15 is 0 Å². The molecule has 0 unspecified atom stereocenters. The van der Waals surface area contributed by atoms with Crippen molar-refractivity contribution in [3.8, 4) is 0 Å². The third-order valence-corrected chi connectivity index (χ3v) is 1.90. The van der Waals surface area contributed by atoms with Gasteiger partial charge in [0.1, 0.15) is 0 Å². The molecule has 0 spiro atoms. The van der Waals surface area contributed by atoms with E-state index in [2.05, 4.69) is 4.74 Å². The van der Waals surface area contributed by atoms with Crippen LogP contribution >= 0.6 is 0 Å². The highest BCUT2D eigenvalue weighted by Gasteiger charge is 2.25. The summed E-state index contributed by atoms with van der Waals surface area (Å²) in [6.07, 6.45) is 4.36. The number of carbonyl (C=O) groups is 1. The standard InChI is InChI=1S/C9H12N2O2/c1-13-9(12)7(5-10)4-8(11)6-2-3-6/h4-6,10-11H,2-3H2,1H3/b7-4+,10-5?,11-8?. The zero-order valence-corrected chi connectivity index (χ0v) is 7.46. The first-order valence-electron chi connectivity index (χ1n) is 4.08. The van der Waals surface area contributed by atoms with Crippen LogP contribution in [0.4, 0.5) is 0 Å². The highest BCUT2D eigenvalue weighted by Crippen LogP contribution is 2.30. The Labute approximate surface area is 76.6 Å². The van der Waals surface area contributed by atoms with Crippen LogP contribution in [0.5, 0.6) is 0 Å². The Bertz CT molecular complexity index is 277. The minimum absolute atomic E-state index is 0.138. The summed E-state index contributed by atoms with van der Waals surface area (Å²) >= 11 is 0. The number of methoxy groups -OCH3 is 1. The molecule has 0 aromatic carbocycles. The predicted octanol–water partition coefficient (Wildman–Crippen LogP) is 1.17. The second-order valence-corrected chi connectivity index (χ2v) is 2.97. The topological polar surface area (TPSA) is 74.0 Å². The zero-order valence-electron chi connectivity index (χ0n) is 7.46. The molecule has 1 saturated carbocycles. The van der Waals surface area contributed by atoms with Crippen LogP contribution in [0.3, 0.4) is 0 Å². The van der Waals surface area contributed by atoms with Gasteiger partial charge in [-0.25, -0.2) is 4.79 Å². The average molecular weight is 180 g/mol. The highest BCUT2D eigenvalue weighted by molar-refractivity contribution is 6.14. The van der Waals surface area contributed by atoms with Crippen molar-refractivity contribution in [3.05, 3.63) is 11.6 Å². The van der Waals surface area contributed by atoms with E-state index in [1.807, 2.05) is 0 Å². The van der Waals surface area contributed by atoms with Crippen molar-refractivity contribution in [1.29, 1.82) is 10.8 Å². The largest absolute Gasteiger partial charge is 0.465 e. The summed E-state index contributed by atoms with van der Waals surface area (Å²) < 4.78 is 4.45. The maximum absolute atomic E-state index is 11.0. The maximum atomic E-state index is 11.0. The Hall–Kier alpha value is -1.45. The van der Waals surface area contributed by atoms with Crippen molar-refractivity contribution in [1.82, 2.24) is 0 Å². The maximum Gasteiger partial charge on any atom is 0.339 e. The summed E-state index contributed by atoms with van der Waals surface area (Å²) in [6.45, 7) is 0. The average Bonchev–Trinajstić information content (AvgIpc) is 2.95. The van der Waals surface area contributed by atoms with Gasteiger partial charge in [-0.3, -0.25) is 0 Å². The Morgan fingerprint density at radius 3 is 2.54 bits per heavy atom. The SMILES string of the molecule is COC(=O)/C(C=N)=C/C(=N)C1CC1. The molecule has 0 radical (unpaired) electrons. The molecular weight excluding hydrogens is 168 g/mol. The molecule has 1 aliphatic rings. The lowest BCUT2D eigenvalue weighted by molar-refractivity contribution is -0.135. The molecule has 0 bridgehead atoms. The van der Waals surface area contributed by atoms with Crippen LogP contribution < -0.4 is 0 Å². The molecule has 0 amide bonds. The van der Waals surface area contributed by atoms with Gasteiger partial charge in [-0.1, -0.05) is 0 Å². The Morgan fingerprint density at radius 1 is 1.54 bits per heavy atom. The van der Waals surface area contributed by atoms with Gasteiger partial charge in [0.25, 0.3) is 0 Å². The summed E-state index contributed by atoms with van der Waals surface area (Å²) in [5.41, 5.74) is 0.559. The van der Waals surface area contributed by atoms with E-state index < -0.39 is 5.97 Å². The minimum Gasteiger partial charge on any atom is -0.465 e. The molecule has 0 atom stereocenters.